The SMILES string of the molecule is CC(=O)c1ccc2c(C3CCC4(CC3)OCCO4)c[nH]c2c1. The Kier molecular flexibility index (Phi) is 3.31. The third kappa shape index (κ3) is 2.27. The number of ketones is 1. The molecule has 2 heterocycles. The molecule has 4 rings (SSSR count). The van der Waals surface area contributed by atoms with Crippen LogP contribution in [-0.4, -0.2) is 29.8 Å². The van der Waals surface area contributed by atoms with Gasteiger partial charge in [0.25, 0.3) is 0 Å². The van der Waals surface area contributed by atoms with E-state index in [0.717, 1.165) is 50.0 Å². The van der Waals surface area contributed by atoms with Crippen LogP contribution in [0.2, 0.25) is 0 Å². The Labute approximate surface area is 129 Å². The van der Waals surface area contributed by atoms with Crippen LogP contribution in [-0.2, 0) is 9.47 Å². The van der Waals surface area contributed by atoms with Gasteiger partial charge in [0.2, 0.25) is 0 Å². The van der Waals surface area contributed by atoms with E-state index in [2.05, 4.69) is 17.2 Å². The van der Waals surface area contributed by atoms with Crippen LogP contribution in [0.15, 0.2) is 24.4 Å². The fourth-order valence-electron chi connectivity index (χ4n) is 3.86. The number of carbonyl (C=O) groups is 1. The van der Waals surface area contributed by atoms with Crippen molar-refractivity contribution in [2.24, 2.45) is 0 Å². The molecule has 2 aliphatic rings. The number of nitrogens with one attached hydrogen (secondary N) is 1. The predicted molar refractivity (Wildman–Crippen MR) is 84.1 cm³/mol. The molecule has 1 saturated heterocycles. The zero-order valence-corrected chi connectivity index (χ0v) is 12.9. The van der Waals surface area contributed by atoms with E-state index in [1.807, 2.05) is 12.1 Å². The van der Waals surface area contributed by atoms with Gasteiger partial charge in [-0.15, -0.1) is 0 Å². The van der Waals surface area contributed by atoms with E-state index in [0.29, 0.717) is 5.92 Å². The number of H-pyrrole nitrogens is 1. The van der Waals surface area contributed by atoms with Gasteiger partial charge in [-0.25, -0.2) is 0 Å². The van der Waals surface area contributed by atoms with Gasteiger partial charge in [0.05, 0.1) is 13.2 Å². The molecule has 1 aliphatic carbocycles. The maximum absolute atomic E-state index is 11.5. The number of rotatable bonds is 2. The Hall–Kier alpha value is -1.65. The maximum atomic E-state index is 11.5. The second-order valence-corrected chi connectivity index (χ2v) is 6.44. The Morgan fingerprint density at radius 2 is 1.95 bits per heavy atom. The topological polar surface area (TPSA) is 51.3 Å². The second-order valence-electron chi connectivity index (χ2n) is 6.44. The van der Waals surface area contributed by atoms with Crippen molar-refractivity contribution in [2.45, 2.75) is 44.3 Å². The zero-order chi connectivity index (χ0) is 15.2. The average molecular weight is 299 g/mol. The molecule has 4 heteroatoms. The number of aromatic amines is 1. The number of aromatic nitrogens is 1. The number of Topliss-reactive ketones (excluding diaryl/α,β-unsaturated/α-hetero) is 1. The summed E-state index contributed by atoms with van der Waals surface area (Å²) < 4.78 is 11.6. The molecule has 0 amide bonds. The molecule has 1 N–H and O–H groups in total. The lowest BCUT2D eigenvalue weighted by Gasteiger charge is -2.35. The predicted octanol–water partition coefficient (Wildman–Crippen LogP) is 3.77. The van der Waals surface area contributed by atoms with Crippen molar-refractivity contribution in [2.75, 3.05) is 13.2 Å². The maximum Gasteiger partial charge on any atom is 0.168 e. The summed E-state index contributed by atoms with van der Waals surface area (Å²) in [6, 6.07) is 5.95. The Balaban J connectivity index is 1.58. The van der Waals surface area contributed by atoms with Crippen LogP contribution in [0.5, 0.6) is 0 Å². The fourth-order valence-corrected chi connectivity index (χ4v) is 3.86. The van der Waals surface area contributed by atoms with Crippen LogP contribution in [0.25, 0.3) is 10.9 Å². The summed E-state index contributed by atoms with van der Waals surface area (Å²) >= 11 is 0. The summed E-state index contributed by atoms with van der Waals surface area (Å²) in [4.78, 5) is 14.8. The molecule has 1 aromatic carbocycles. The normalized spacial score (nSPS) is 21.7. The minimum Gasteiger partial charge on any atom is -0.361 e. The van der Waals surface area contributed by atoms with Crippen molar-refractivity contribution < 1.29 is 14.3 Å². The number of hydrogen-bond acceptors (Lipinski definition) is 3. The summed E-state index contributed by atoms with van der Waals surface area (Å²) in [5.74, 6) is 0.341. The summed E-state index contributed by atoms with van der Waals surface area (Å²) in [7, 11) is 0. The highest BCUT2D eigenvalue weighted by molar-refractivity contribution is 5.98. The third-order valence-electron chi connectivity index (χ3n) is 5.12. The van der Waals surface area contributed by atoms with E-state index < -0.39 is 0 Å². The fraction of sp³-hybridized carbons (Fsp3) is 0.500. The first-order valence-corrected chi connectivity index (χ1v) is 8.07. The summed E-state index contributed by atoms with van der Waals surface area (Å²) in [5.41, 5.74) is 3.17. The van der Waals surface area contributed by atoms with Gasteiger partial charge in [-0.2, -0.15) is 0 Å². The van der Waals surface area contributed by atoms with Gasteiger partial charge < -0.3 is 14.5 Å². The first-order chi connectivity index (χ1) is 10.7. The highest BCUT2D eigenvalue weighted by atomic mass is 16.7. The molecule has 0 radical (unpaired) electrons. The Morgan fingerprint density at radius 1 is 1.23 bits per heavy atom. The lowest BCUT2D eigenvalue weighted by Crippen LogP contribution is -2.34. The van der Waals surface area contributed by atoms with Gasteiger partial charge in [-0.3, -0.25) is 4.79 Å². The van der Waals surface area contributed by atoms with Gasteiger partial charge in [0.15, 0.2) is 11.6 Å². The molecule has 0 atom stereocenters. The molecule has 1 saturated carbocycles. The molecule has 1 aliphatic heterocycles. The van der Waals surface area contributed by atoms with Crippen molar-refractivity contribution in [3.8, 4) is 0 Å². The highest BCUT2D eigenvalue weighted by Crippen LogP contribution is 2.43. The van der Waals surface area contributed by atoms with E-state index in [1.54, 1.807) is 6.92 Å². The summed E-state index contributed by atoms with van der Waals surface area (Å²) in [6.07, 6.45) is 6.21. The summed E-state index contributed by atoms with van der Waals surface area (Å²) in [5, 5.41) is 1.24. The molecule has 4 nitrogen and oxygen atoms in total. The molecule has 1 aromatic heterocycles. The van der Waals surface area contributed by atoms with Gasteiger partial charge >= 0.3 is 0 Å². The lowest BCUT2D eigenvalue weighted by atomic mass is 9.81. The highest BCUT2D eigenvalue weighted by Gasteiger charge is 2.40. The molecule has 2 fully saturated rings. The van der Waals surface area contributed by atoms with Gasteiger partial charge in [0.1, 0.15) is 0 Å². The molecule has 22 heavy (non-hydrogen) atoms. The quantitative estimate of drug-likeness (QED) is 0.859. The minimum absolute atomic E-state index is 0.105. The van der Waals surface area contributed by atoms with Crippen molar-refractivity contribution >= 4 is 16.7 Å². The van der Waals surface area contributed by atoms with E-state index in [1.165, 1.54) is 10.9 Å². The first kappa shape index (κ1) is 14.0. The van der Waals surface area contributed by atoms with Crippen LogP contribution in [0.1, 0.15) is 54.4 Å². The van der Waals surface area contributed by atoms with Crippen LogP contribution < -0.4 is 0 Å². The molecule has 2 aromatic rings. The van der Waals surface area contributed by atoms with Crippen molar-refractivity contribution in [1.82, 2.24) is 4.98 Å². The largest absolute Gasteiger partial charge is 0.361 e. The van der Waals surface area contributed by atoms with Crippen molar-refractivity contribution in [1.29, 1.82) is 0 Å². The van der Waals surface area contributed by atoms with E-state index >= 15 is 0 Å². The zero-order valence-electron chi connectivity index (χ0n) is 12.9. The van der Waals surface area contributed by atoms with E-state index in [9.17, 15) is 4.79 Å². The molecular formula is C18H21NO3. The van der Waals surface area contributed by atoms with E-state index in [4.69, 9.17) is 9.47 Å². The van der Waals surface area contributed by atoms with Gasteiger partial charge in [0, 0.05) is 35.5 Å². The standard InChI is InChI=1S/C18H21NO3/c1-12(20)14-2-3-15-16(11-19-17(15)10-14)13-4-6-18(7-5-13)21-8-9-22-18/h2-3,10-11,13,19H,4-9H2,1H3. The van der Waals surface area contributed by atoms with Crippen LogP contribution >= 0.6 is 0 Å². The average Bonchev–Trinajstić information content (AvgIpc) is 3.15. The number of fused-ring (bicyclic) bond motifs is 1. The van der Waals surface area contributed by atoms with E-state index in [-0.39, 0.29) is 11.6 Å². The van der Waals surface area contributed by atoms with Crippen LogP contribution in [0.4, 0.5) is 0 Å². The van der Waals surface area contributed by atoms with Crippen LogP contribution in [0.3, 0.4) is 0 Å². The lowest BCUT2D eigenvalue weighted by molar-refractivity contribution is -0.178. The van der Waals surface area contributed by atoms with Crippen LogP contribution in [0, 0.1) is 0 Å². The number of ether oxygens (including phenoxy) is 2. The van der Waals surface area contributed by atoms with Gasteiger partial charge in [-0.05, 0) is 37.3 Å². The third-order valence-corrected chi connectivity index (χ3v) is 5.12. The molecule has 0 unspecified atom stereocenters. The molecule has 1 spiro atoms. The number of benzene rings is 1. The number of hydrogen-bond donors (Lipinski definition) is 1. The summed E-state index contributed by atoms with van der Waals surface area (Å²) in [6.45, 7) is 3.06. The monoisotopic (exact) mass is 299 g/mol. The van der Waals surface area contributed by atoms with Crippen molar-refractivity contribution in [3.63, 3.8) is 0 Å². The first-order valence-electron chi connectivity index (χ1n) is 8.07. The number of carbonyl (C=O) groups excluding carboxylic acids is 1. The Bertz CT molecular complexity index is 702. The second kappa shape index (κ2) is 5.21. The van der Waals surface area contributed by atoms with Gasteiger partial charge in [-0.1, -0.05) is 12.1 Å². The molecular weight excluding hydrogens is 278 g/mol. The smallest absolute Gasteiger partial charge is 0.168 e. The molecule has 116 valence electrons. The van der Waals surface area contributed by atoms with Crippen molar-refractivity contribution in [3.05, 3.63) is 35.5 Å². The minimum atomic E-state index is -0.301. The Morgan fingerprint density at radius 3 is 2.64 bits per heavy atom. The molecule has 0 bridgehead atoms.